The Balaban J connectivity index is 1.54. The smallest absolute Gasteiger partial charge is 0.337 e. The van der Waals surface area contributed by atoms with Crippen molar-refractivity contribution in [2.45, 2.75) is 18.9 Å². The summed E-state index contributed by atoms with van der Waals surface area (Å²) in [5.74, 6) is -1.44. The monoisotopic (exact) mass is 519 g/mol. The Morgan fingerprint density at radius 3 is 2.26 bits per heavy atom. The number of nitrogens with zero attached hydrogens (tertiary/aromatic N) is 2. The molecule has 3 aromatic carbocycles. The number of carbonyl (C=O) groups excluding carboxylic acids is 4. The lowest BCUT2D eigenvalue weighted by Gasteiger charge is -2.21. The maximum absolute atomic E-state index is 14.2. The van der Waals surface area contributed by atoms with Gasteiger partial charge in [-0.2, -0.15) is 0 Å². The molecule has 3 aromatic rings. The second-order valence-corrected chi connectivity index (χ2v) is 8.53. The third-order valence-corrected chi connectivity index (χ3v) is 6.20. The minimum Gasteiger partial charge on any atom is -0.497 e. The van der Waals surface area contributed by atoms with Crippen molar-refractivity contribution in [2.24, 2.45) is 0 Å². The number of benzene rings is 3. The van der Waals surface area contributed by atoms with Crippen LogP contribution in [0.15, 0.2) is 72.8 Å². The molecule has 4 rings (SSSR count). The molecule has 0 aromatic heterocycles. The molecular weight excluding hydrogens is 493 g/mol. The maximum atomic E-state index is 14.2. The van der Waals surface area contributed by atoms with Gasteiger partial charge in [0, 0.05) is 12.2 Å². The predicted octanol–water partition coefficient (Wildman–Crippen LogP) is 4.03. The van der Waals surface area contributed by atoms with Crippen LogP contribution >= 0.6 is 0 Å². The second kappa shape index (κ2) is 11.5. The lowest BCUT2D eigenvalue weighted by Crippen LogP contribution is -2.39. The number of carbonyl (C=O) groups is 4. The first-order chi connectivity index (χ1) is 18.3. The zero-order valence-electron chi connectivity index (χ0n) is 20.8. The average Bonchev–Trinajstić information content (AvgIpc) is 3.16. The summed E-state index contributed by atoms with van der Waals surface area (Å²) in [5.41, 5.74) is 1.45. The maximum Gasteiger partial charge on any atom is 0.337 e. The number of hydrogen-bond donors (Lipinski definition) is 1. The third kappa shape index (κ3) is 5.64. The van der Waals surface area contributed by atoms with Gasteiger partial charge in [-0.25, -0.2) is 18.9 Å². The number of halogens is 1. The highest BCUT2D eigenvalue weighted by Gasteiger charge is 2.46. The molecule has 1 saturated heterocycles. The minimum absolute atomic E-state index is 0.0317. The van der Waals surface area contributed by atoms with Gasteiger partial charge in [-0.1, -0.05) is 18.2 Å². The Kier molecular flexibility index (Phi) is 8.00. The molecule has 1 heterocycles. The van der Waals surface area contributed by atoms with Gasteiger partial charge in [-0.15, -0.1) is 0 Å². The first-order valence-electron chi connectivity index (χ1n) is 11.8. The summed E-state index contributed by atoms with van der Waals surface area (Å²) in [6, 6.07) is 17.0. The Morgan fingerprint density at radius 1 is 0.947 bits per heavy atom. The lowest BCUT2D eigenvalue weighted by molar-refractivity contribution is -0.124. The van der Waals surface area contributed by atoms with Crippen LogP contribution in [0.1, 0.15) is 22.3 Å². The van der Waals surface area contributed by atoms with Crippen molar-refractivity contribution in [1.29, 1.82) is 0 Å². The molecule has 1 fully saturated rings. The molecule has 1 aliphatic rings. The van der Waals surface area contributed by atoms with E-state index in [1.54, 1.807) is 42.5 Å². The molecule has 1 N–H and O–H groups in total. The highest BCUT2D eigenvalue weighted by atomic mass is 19.1. The van der Waals surface area contributed by atoms with Gasteiger partial charge in [0.05, 0.1) is 31.9 Å². The summed E-state index contributed by atoms with van der Waals surface area (Å²) < 4.78 is 24.0. The summed E-state index contributed by atoms with van der Waals surface area (Å²) in [7, 11) is 2.77. The van der Waals surface area contributed by atoms with Crippen molar-refractivity contribution in [3.8, 4) is 5.75 Å². The highest BCUT2D eigenvalue weighted by molar-refractivity contribution is 6.22. The van der Waals surface area contributed by atoms with Gasteiger partial charge in [0.25, 0.3) is 5.91 Å². The third-order valence-electron chi connectivity index (χ3n) is 6.20. The van der Waals surface area contributed by atoms with Crippen LogP contribution in [0.25, 0.3) is 0 Å². The van der Waals surface area contributed by atoms with Crippen LogP contribution in [0.2, 0.25) is 0 Å². The number of imide groups is 1. The fourth-order valence-corrected chi connectivity index (χ4v) is 4.19. The van der Waals surface area contributed by atoms with Crippen LogP contribution in [0.3, 0.4) is 0 Å². The molecule has 9 nitrogen and oxygen atoms in total. The minimum atomic E-state index is -1.09. The molecule has 0 aliphatic carbocycles. The molecule has 38 heavy (non-hydrogen) atoms. The van der Waals surface area contributed by atoms with Gasteiger partial charge in [0.1, 0.15) is 17.6 Å². The van der Waals surface area contributed by atoms with Crippen molar-refractivity contribution >= 4 is 35.2 Å². The standard InChI is InChI=1S/C28H26FN3O6/c1-37-22-13-11-21(12-14-22)32-26(34)24(31(28(32)36)16-15-18-5-3-4-6-23(18)29)17-25(33)30-20-9-7-19(8-10-20)27(35)38-2/h3-14,24H,15-17H2,1-2H3,(H,30,33)/t24-/m1/s1. The van der Waals surface area contributed by atoms with E-state index in [2.05, 4.69) is 10.1 Å². The van der Waals surface area contributed by atoms with Crippen LogP contribution in [-0.2, 0) is 20.7 Å². The van der Waals surface area contributed by atoms with Crippen molar-refractivity contribution in [3.05, 3.63) is 89.7 Å². The van der Waals surface area contributed by atoms with Crippen LogP contribution in [0.4, 0.5) is 20.6 Å². The number of anilines is 2. The van der Waals surface area contributed by atoms with Crippen LogP contribution in [0, 0.1) is 5.82 Å². The molecular formula is C28H26FN3O6. The van der Waals surface area contributed by atoms with Crippen LogP contribution in [-0.4, -0.2) is 55.5 Å². The van der Waals surface area contributed by atoms with E-state index in [0.29, 0.717) is 28.3 Å². The molecule has 196 valence electrons. The summed E-state index contributed by atoms with van der Waals surface area (Å²) in [6.45, 7) is 0.0317. The molecule has 4 amide bonds. The summed E-state index contributed by atoms with van der Waals surface area (Å²) in [5, 5.41) is 2.69. The molecule has 1 atom stereocenters. The first kappa shape index (κ1) is 26.3. The van der Waals surface area contributed by atoms with Crippen LogP contribution < -0.4 is 15.0 Å². The fourth-order valence-electron chi connectivity index (χ4n) is 4.19. The fraction of sp³-hybridized carbons (Fsp3) is 0.214. The number of rotatable bonds is 9. The molecule has 0 saturated carbocycles. The first-order valence-corrected chi connectivity index (χ1v) is 11.8. The van der Waals surface area contributed by atoms with Crippen LogP contribution in [0.5, 0.6) is 5.75 Å². The lowest BCUT2D eigenvalue weighted by atomic mass is 10.1. The summed E-state index contributed by atoms with van der Waals surface area (Å²) in [6.07, 6.45) is -0.150. The molecule has 0 bridgehead atoms. The van der Waals surface area contributed by atoms with Crippen molar-refractivity contribution in [2.75, 3.05) is 31.0 Å². The Labute approximate surface area is 218 Å². The molecule has 1 aliphatic heterocycles. The average molecular weight is 520 g/mol. The van der Waals surface area contributed by atoms with E-state index in [1.807, 2.05) is 0 Å². The van der Waals surface area contributed by atoms with Gasteiger partial charge in [-0.3, -0.25) is 9.59 Å². The predicted molar refractivity (Wildman–Crippen MR) is 138 cm³/mol. The van der Waals surface area contributed by atoms with E-state index in [4.69, 9.17) is 4.74 Å². The van der Waals surface area contributed by atoms with Crippen molar-refractivity contribution in [3.63, 3.8) is 0 Å². The zero-order chi connectivity index (χ0) is 27.2. The molecule has 0 radical (unpaired) electrons. The number of nitrogens with one attached hydrogen (secondary N) is 1. The SMILES string of the molecule is COC(=O)c1ccc(NC(=O)C[C@@H]2C(=O)N(c3ccc(OC)cc3)C(=O)N2CCc2ccccc2F)cc1. The molecule has 10 heteroatoms. The highest BCUT2D eigenvalue weighted by Crippen LogP contribution is 2.29. The molecule has 0 spiro atoms. The van der Waals surface area contributed by atoms with E-state index in [1.165, 1.54) is 49.5 Å². The van der Waals surface area contributed by atoms with Crippen molar-refractivity contribution < 1.29 is 33.0 Å². The van der Waals surface area contributed by atoms with Crippen molar-refractivity contribution in [1.82, 2.24) is 4.90 Å². The number of urea groups is 1. The summed E-state index contributed by atoms with van der Waals surface area (Å²) >= 11 is 0. The van der Waals surface area contributed by atoms with Gasteiger partial charge in [0.15, 0.2) is 0 Å². The van der Waals surface area contributed by atoms with E-state index in [0.717, 1.165) is 4.90 Å². The Morgan fingerprint density at radius 2 is 1.63 bits per heavy atom. The Hall–Kier alpha value is -4.73. The summed E-state index contributed by atoms with van der Waals surface area (Å²) in [4.78, 5) is 53.7. The number of esters is 1. The van der Waals surface area contributed by atoms with E-state index in [9.17, 15) is 23.6 Å². The topological polar surface area (TPSA) is 105 Å². The van der Waals surface area contributed by atoms with E-state index >= 15 is 0 Å². The zero-order valence-corrected chi connectivity index (χ0v) is 20.8. The second-order valence-electron chi connectivity index (χ2n) is 8.53. The van der Waals surface area contributed by atoms with Gasteiger partial charge in [-0.05, 0) is 66.6 Å². The molecule has 0 unspecified atom stereocenters. The van der Waals surface area contributed by atoms with E-state index in [-0.39, 0.29) is 19.4 Å². The van der Waals surface area contributed by atoms with Gasteiger partial charge < -0.3 is 19.7 Å². The number of ether oxygens (including phenoxy) is 2. The van der Waals surface area contributed by atoms with Gasteiger partial charge in [0.2, 0.25) is 5.91 Å². The number of methoxy groups -OCH3 is 2. The Bertz CT molecular complexity index is 1340. The van der Waals surface area contributed by atoms with Gasteiger partial charge >= 0.3 is 12.0 Å². The normalized spacial score (nSPS) is 15.0. The number of hydrogen-bond acceptors (Lipinski definition) is 6. The number of amides is 4. The quantitative estimate of drug-likeness (QED) is 0.338. The van der Waals surface area contributed by atoms with E-state index < -0.39 is 35.7 Å². The largest absolute Gasteiger partial charge is 0.497 e.